The van der Waals surface area contributed by atoms with Gasteiger partial charge in [-0.1, -0.05) is 46.8 Å². The van der Waals surface area contributed by atoms with Gasteiger partial charge in [0.05, 0.1) is 11.7 Å². The zero-order chi connectivity index (χ0) is 26.1. The van der Waals surface area contributed by atoms with Crippen LogP contribution in [0.3, 0.4) is 0 Å². The first-order valence-electron chi connectivity index (χ1n) is 14.5. The van der Waals surface area contributed by atoms with Gasteiger partial charge in [0, 0.05) is 0 Å². The number of fused-ring (bicyclic) bond motifs is 5. The van der Waals surface area contributed by atoms with Gasteiger partial charge in [-0.3, -0.25) is 5.26 Å². The van der Waals surface area contributed by atoms with Crippen LogP contribution < -0.4 is 0 Å². The van der Waals surface area contributed by atoms with Crippen molar-refractivity contribution in [2.45, 2.75) is 137 Å². The van der Waals surface area contributed by atoms with Crippen LogP contribution in [0.2, 0.25) is 0 Å². The molecule has 0 saturated heterocycles. The Labute approximate surface area is 214 Å². The second-order valence-corrected chi connectivity index (χ2v) is 15.2. The van der Waals surface area contributed by atoms with E-state index in [0.29, 0.717) is 34.5 Å². The molecule has 4 aliphatic rings. The van der Waals surface area contributed by atoms with Gasteiger partial charge in [0.15, 0.2) is 0 Å². The largest absolute Gasteiger partial charge is 0.393 e. The molecule has 4 aliphatic carbocycles. The first kappa shape index (κ1) is 27.6. The second kappa shape index (κ2) is 8.82. The average molecular weight is 491 g/mol. The minimum absolute atomic E-state index is 0.00286. The van der Waals surface area contributed by atoms with E-state index < -0.39 is 11.2 Å². The molecule has 0 aromatic carbocycles. The van der Waals surface area contributed by atoms with Crippen molar-refractivity contribution < 1.29 is 20.4 Å². The molecule has 4 fully saturated rings. The molecule has 0 amide bonds. The third kappa shape index (κ3) is 4.17. The SMILES string of the molecule is CC(C)(C=CCCC(C)(O)C1CCC2(C)C1CCC1C3(C)CCC(O)C(C)(C)C3CCC12C)OO. The zero-order valence-corrected chi connectivity index (χ0v) is 23.9. The fourth-order valence-corrected chi connectivity index (χ4v) is 10.4. The molecule has 3 N–H and O–H groups in total. The molecule has 9 atom stereocenters. The van der Waals surface area contributed by atoms with E-state index >= 15 is 0 Å². The summed E-state index contributed by atoms with van der Waals surface area (Å²) in [5.41, 5.74) is -0.510. The summed E-state index contributed by atoms with van der Waals surface area (Å²) in [6, 6.07) is 0. The molecule has 202 valence electrons. The molecule has 0 aliphatic heterocycles. The quantitative estimate of drug-likeness (QED) is 0.206. The van der Waals surface area contributed by atoms with Crippen molar-refractivity contribution in [3.63, 3.8) is 0 Å². The normalized spacial score (nSPS) is 47.1. The van der Waals surface area contributed by atoms with Gasteiger partial charge in [-0.15, -0.1) is 0 Å². The highest BCUT2D eigenvalue weighted by Crippen LogP contribution is 2.75. The van der Waals surface area contributed by atoms with Crippen LogP contribution in [0.15, 0.2) is 12.2 Å². The molecule has 0 spiro atoms. The van der Waals surface area contributed by atoms with Crippen LogP contribution in [-0.4, -0.2) is 32.8 Å². The van der Waals surface area contributed by atoms with Crippen molar-refractivity contribution in [2.24, 2.45) is 45.3 Å². The maximum atomic E-state index is 11.7. The second-order valence-electron chi connectivity index (χ2n) is 15.2. The molecule has 0 aromatic heterocycles. The summed E-state index contributed by atoms with van der Waals surface area (Å²) in [6.07, 6.45) is 14.7. The number of hydrogen-bond donors (Lipinski definition) is 3. The molecule has 0 aromatic rings. The fraction of sp³-hybridized carbons (Fsp3) is 0.935. The molecule has 4 heteroatoms. The molecule has 0 bridgehead atoms. The van der Waals surface area contributed by atoms with Gasteiger partial charge in [-0.25, -0.2) is 4.89 Å². The lowest BCUT2D eigenvalue weighted by Gasteiger charge is -2.70. The Kier molecular flexibility index (Phi) is 6.96. The molecule has 35 heavy (non-hydrogen) atoms. The van der Waals surface area contributed by atoms with Crippen LogP contribution in [0, 0.1) is 45.3 Å². The van der Waals surface area contributed by atoms with Crippen LogP contribution in [-0.2, 0) is 4.89 Å². The minimum Gasteiger partial charge on any atom is -0.393 e. The topological polar surface area (TPSA) is 69.9 Å². The van der Waals surface area contributed by atoms with Crippen molar-refractivity contribution >= 4 is 0 Å². The van der Waals surface area contributed by atoms with Crippen LogP contribution in [0.5, 0.6) is 0 Å². The van der Waals surface area contributed by atoms with Crippen LogP contribution in [0.4, 0.5) is 0 Å². The Morgan fingerprint density at radius 3 is 2.17 bits per heavy atom. The number of aliphatic hydroxyl groups excluding tert-OH is 1. The lowest BCUT2D eigenvalue weighted by atomic mass is 9.35. The van der Waals surface area contributed by atoms with Crippen molar-refractivity contribution in [3.05, 3.63) is 12.2 Å². The summed E-state index contributed by atoms with van der Waals surface area (Å²) in [7, 11) is 0. The summed E-state index contributed by atoms with van der Waals surface area (Å²) in [5, 5.41) is 31.6. The molecular formula is C31H54O4. The van der Waals surface area contributed by atoms with Crippen molar-refractivity contribution in [2.75, 3.05) is 0 Å². The molecule has 0 radical (unpaired) electrons. The number of hydrogen-bond acceptors (Lipinski definition) is 4. The molecular weight excluding hydrogens is 436 g/mol. The highest BCUT2D eigenvalue weighted by Gasteiger charge is 2.69. The first-order chi connectivity index (χ1) is 16.1. The minimum atomic E-state index is -0.691. The van der Waals surface area contributed by atoms with E-state index in [2.05, 4.69) is 46.4 Å². The molecule has 4 rings (SSSR count). The van der Waals surface area contributed by atoms with Gasteiger partial charge < -0.3 is 10.2 Å². The summed E-state index contributed by atoms with van der Waals surface area (Å²) >= 11 is 0. The predicted molar refractivity (Wildman–Crippen MR) is 142 cm³/mol. The van der Waals surface area contributed by atoms with Crippen LogP contribution in [0.25, 0.3) is 0 Å². The lowest BCUT2D eigenvalue weighted by molar-refractivity contribution is -0.297. The van der Waals surface area contributed by atoms with E-state index in [0.717, 1.165) is 32.1 Å². The third-order valence-corrected chi connectivity index (χ3v) is 12.7. The number of rotatable bonds is 6. The number of allylic oxidation sites excluding steroid dienone is 1. The van der Waals surface area contributed by atoms with Gasteiger partial charge in [-0.05, 0) is 130 Å². The molecule has 0 heterocycles. The average Bonchev–Trinajstić information content (AvgIpc) is 3.13. The van der Waals surface area contributed by atoms with E-state index in [9.17, 15) is 10.2 Å². The monoisotopic (exact) mass is 490 g/mol. The Balaban J connectivity index is 1.54. The van der Waals surface area contributed by atoms with E-state index in [1.54, 1.807) is 0 Å². The maximum Gasteiger partial charge on any atom is 0.116 e. The van der Waals surface area contributed by atoms with Crippen molar-refractivity contribution in [1.82, 2.24) is 0 Å². The molecule has 9 unspecified atom stereocenters. The Morgan fingerprint density at radius 2 is 1.51 bits per heavy atom. The summed E-state index contributed by atoms with van der Waals surface area (Å²) in [5.74, 6) is 2.21. The van der Waals surface area contributed by atoms with E-state index in [4.69, 9.17) is 5.26 Å². The Hall–Kier alpha value is -0.420. The number of aliphatic hydroxyl groups is 2. The smallest absolute Gasteiger partial charge is 0.116 e. The zero-order valence-electron chi connectivity index (χ0n) is 23.9. The summed E-state index contributed by atoms with van der Waals surface area (Å²) in [4.78, 5) is 4.52. The van der Waals surface area contributed by atoms with Gasteiger partial charge in [0.1, 0.15) is 5.60 Å². The van der Waals surface area contributed by atoms with E-state index in [1.165, 1.54) is 32.1 Å². The Bertz CT molecular complexity index is 815. The van der Waals surface area contributed by atoms with E-state index in [-0.39, 0.29) is 16.9 Å². The van der Waals surface area contributed by atoms with Gasteiger partial charge in [0.2, 0.25) is 0 Å². The third-order valence-electron chi connectivity index (χ3n) is 12.7. The predicted octanol–water partition coefficient (Wildman–Crippen LogP) is 7.39. The van der Waals surface area contributed by atoms with E-state index in [1.807, 2.05) is 26.0 Å². The highest BCUT2D eigenvalue weighted by atomic mass is 17.1. The first-order valence-corrected chi connectivity index (χ1v) is 14.5. The molecule has 4 nitrogen and oxygen atoms in total. The highest BCUT2D eigenvalue weighted by molar-refractivity contribution is 5.18. The van der Waals surface area contributed by atoms with Crippen molar-refractivity contribution in [1.29, 1.82) is 0 Å². The summed E-state index contributed by atoms with van der Waals surface area (Å²) < 4.78 is 0. The van der Waals surface area contributed by atoms with Crippen molar-refractivity contribution in [3.8, 4) is 0 Å². The fourth-order valence-electron chi connectivity index (χ4n) is 10.4. The standard InChI is InChI=1S/C31H54O4/c1-26(2,35-34)16-9-10-17-31(8,33)22-13-19-29(6)21(22)11-12-24-28(5)18-15-25(32)27(3,4)23(28)14-20-30(24,29)7/h9,16,21-25,32-34H,10-15,17-20H2,1-8H3. The lowest BCUT2D eigenvalue weighted by Crippen LogP contribution is -2.64. The summed E-state index contributed by atoms with van der Waals surface area (Å²) in [6.45, 7) is 18.1. The van der Waals surface area contributed by atoms with Gasteiger partial charge >= 0.3 is 0 Å². The van der Waals surface area contributed by atoms with Gasteiger partial charge in [0.25, 0.3) is 0 Å². The van der Waals surface area contributed by atoms with Gasteiger partial charge in [-0.2, -0.15) is 0 Å². The Morgan fingerprint density at radius 1 is 0.857 bits per heavy atom. The van der Waals surface area contributed by atoms with Crippen LogP contribution in [0.1, 0.15) is 120 Å². The van der Waals surface area contributed by atoms with Crippen LogP contribution >= 0.6 is 0 Å². The molecule has 4 saturated carbocycles. The maximum absolute atomic E-state index is 11.7.